The maximum Gasteiger partial charge on any atom is 0.141 e. The van der Waals surface area contributed by atoms with E-state index in [1.165, 1.54) is 0 Å². The van der Waals surface area contributed by atoms with Crippen molar-refractivity contribution in [1.82, 2.24) is 10.1 Å². The van der Waals surface area contributed by atoms with Crippen LogP contribution in [0.15, 0.2) is 57.8 Å². The molecule has 1 aromatic carbocycles. The number of aromatic nitrogens is 2. The van der Waals surface area contributed by atoms with Crippen LogP contribution in [0.25, 0.3) is 11.1 Å². The number of ketones is 1. The minimum atomic E-state index is 0.111. The highest BCUT2D eigenvalue weighted by molar-refractivity contribution is 9.10. The lowest BCUT2D eigenvalue weighted by atomic mass is 9.96. The van der Waals surface area contributed by atoms with Crippen LogP contribution in [-0.4, -0.2) is 15.9 Å². The number of halogens is 1. The lowest BCUT2D eigenvalue weighted by Crippen LogP contribution is -2.08. The van der Waals surface area contributed by atoms with Gasteiger partial charge in [0.15, 0.2) is 0 Å². The van der Waals surface area contributed by atoms with Crippen LogP contribution in [0, 0.1) is 6.92 Å². The maximum atomic E-state index is 12.4. The van der Waals surface area contributed by atoms with Crippen molar-refractivity contribution in [3.05, 3.63) is 70.3 Å². The highest BCUT2D eigenvalue weighted by atomic mass is 79.9. The number of Topliss-reactive ketones (excluding diaryl/α,β-unsaturated/α-hetero) is 1. The Hall–Kier alpha value is -2.27. The smallest absolute Gasteiger partial charge is 0.141 e. The molecule has 0 aliphatic carbocycles. The number of hydrogen-bond acceptors (Lipinski definition) is 4. The Morgan fingerprint density at radius 3 is 2.52 bits per heavy atom. The number of hydrogen-bond donors (Lipinski definition) is 0. The van der Waals surface area contributed by atoms with Gasteiger partial charge >= 0.3 is 0 Å². The fraction of sp³-hybridized carbons (Fsp3) is 0.250. The molecule has 5 heteroatoms. The number of carbonyl (C=O) groups is 1. The van der Waals surface area contributed by atoms with E-state index in [4.69, 9.17) is 4.52 Å². The SMILES string of the molecule is Cc1oncc1-c1ccc(CC(=O)C[C@H](C)c2ccc(Br)cn2)cc1. The Morgan fingerprint density at radius 1 is 1.16 bits per heavy atom. The molecule has 0 unspecified atom stereocenters. The van der Waals surface area contributed by atoms with Crippen LogP contribution in [-0.2, 0) is 11.2 Å². The number of pyridine rings is 1. The van der Waals surface area contributed by atoms with E-state index in [0.717, 1.165) is 32.6 Å². The molecule has 0 N–H and O–H groups in total. The molecule has 0 radical (unpaired) electrons. The van der Waals surface area contributed by atoms with E-state index < -0.39 is 0 Å². The second kappa shape index (κ2) is 7.74. The van der Waals surface area contributed by atoms with Gasteiger partial charge < -0.3 is 4.52 Å². The van der Waals surface area contributed by atoms with E-state index in [1.807, 2.05) is 50.2 Å². The molecular formula is C20H19BrN2O2. The van der Waals surface area contributed by atoms with Crippen molar-refractivity contribution in [1.29, 1.82) is 0 Å². The van der Waals surface area contributed by atoms with E-state index in [2.05, 4.69) is 26.1 Å². The third-order valence-electron chi connectivity index (χ3n) is 4.21. The Bertz CT molecular complexity index is 854. The average Bonchev–Trinajstić information content (AvgIpc) is 3.02. The van der Waals surface area contributed by atoms with Crippen molar-refractivity contribution in [3.8, 4) is 11.1 Å². The second-order valence-electron chi connectivity index (χ2n) is 6.21. The molecule has 2 aromatic heterocycles. The topological polar surface area (TPSA) is 56.0 Å². The van der Waals surface area contributed by atoms with Gasteiger partial charge in [0.1, 0.15) is 11.5 Å². The Kier molecular flexibility index (Phi) is 5.43. The van der Waals surface area contributed by atoms with E-state index in [1.54, 1.807) is 12.4 Å². The standard InChI is InChI=1S/C20H19BrN2O2/c1-13(20-8-7-17(21)11-22-20)9-18(24)10-15-3-5-16(6-4-15)19-12-23-25-14(19)2/h3-8,11-13H,9-10H2,1-2H3/t13-/m0/s1. The summed E-state index contributed by atoms with van der Waals surface area (Å²) in [6, 6.07) is 11.9. The number of carbonyl (C=O) groups excluding carboxylic acids is 1. The van der Waals surface area contributed by atoms with Crippen LogP contribution < -0.4 is 0 Å². The van der Waals surface area contributed by atoms with Gasteiger partial charge in [-0.15, -0.1) is 0 Å². The fourth-order valence-electron chi connectivity index (χ4n) is 2.80. The van der Waals surface area contributed by atoms with Gasteiger partial charge in [-0.2, -0.15) is 0 Å². The molecule has 1 atom stereocenters. The van der Waals surface area contributed by atoms with Crippen LogP contribution in [0.5, 0.6) is 0 Å². The van der Waals surface area contributed by atoms with E-state index >= 15 is 0 Å². The number of aryl methyl sites for hydroxylation is 1. The average molecular weight is 399 g/mol. The molecule has 0 aliphatic rings. The molecule has 0 amide bonds. The molecular weight excluding hydrogens is 380 g/mol. The lowest BCUT2D eigenvalue weighted by molar-refractivity contribution is -0.118. The molecule has 0 saturated carbocycles. The third-order valence-corrected chi connectivity index (χ3v) is 4.68. The minimum Gasteiger partial charge on any atom is -0.361 e. The molecule has 4 nitrogen and oxygen atoms in total. The first kappa shape index (κ1) is 17.5. The summed E-state index contributed by atoms with van der Waals surface area (Å²) in [5, 5.41) is 3.80. The molecule has 3 aromatic rings. The van der Waals surface area contributed by atoms with Crippen LogP contribution in [0.1, 0.15) is 36.3 Å². The van der Waals surface area contributed by atoms with Crippen molar-refractivity contribution < 1.29 is 9.32 Å². The summed E-state index contributed by atoms with van der Waals surface area (Å²) in [6.45, 7) is 3.92. The quantitative estimate of drug-likeness (QED) is 0.578. The summed E-state index contributed by atoms with van der Waals surface area (Å²) >= 11 is 3.37. The number of rotatable bonds is 6. The maximum absolute atomic E-state index is 12.4. The van der Waals surface area contributed by atoms with Gasteiger partial charge in [0, 0.05) is 40.7 Å². The minimum absolute atomic E-state index is 0.111. The zero-order chi connectivity index (χ0) is 17.8. The third kappa shape index (κ3) is 4.42. The van der Waals surface area contributed by atoms with Crippen molar-refractivity contribution in [3.63, 3.8) is 0 Å². The summed E-state index contributed by atoms with van der Waals surface area (Å²) in [5.74, 6) is 1.12. The zero-order valence-corrected chi connectivity index (χ0v) is 15.8. The van der Waals surface area contributed by atoms with Gasteiger partial charge in [0.2, 0.25) is 0 Å². The van der Waals surface area contributed by atoms with Crippen LogP contribution in [0.3, 0.4) is 0 Å². The Labute approximate surface area is 155 Å². The molecule has 128 valence electrons. The lowest BCUT2D eigenvalue weighted by Gasteiger charge is -2.10. The summed E-state index contributed by atoms with van der Waals surface area (Å²) in [6.07, 6.45) is 4.40. The second-order valence-corrected chi connectivity index (χ2v) is 7.13. The molecule has 25 heavy (non-hydrogen) atoms. The van der Waals surface area contributed by atoms with Crippen LogP contribution >= 0.6 is 15.9 Å². The van der Waals surface area contributed by atoms with Crippen molar-refractivity contribution >= 4 is 21.7 Å². The van der Waals surface area contributed by atoms with Crippen LogP contribution in [0.2, 0.25) is 0 Å². The van der Waals surface area contributed by atoms with Crippen LogP contribution in [0.4, 0.5) is 0 Å². The molecule has 0 bridgehead atoms. The van der Waals surface area contributed by atoms with Gasteiger partial charge in [-0.05, 0) is 46.1 Å². The van der Waals surface area contributed by atoms with Gasteiger partial charge in [-0.3, -0.25) is 9.78 Å². The predicted molar refractivity (Wildman–Crippen MR) is 100 cm³/mol. The van der Waals surface area contributed by atoms with Gasteiger partial charge in [-0.25, -0.2) is 0 Å². The highest BCUT2D eigenvalue weighted by Gasteiger charge is 2.13. The summed E-state index contributed by atoms with van der Waals surface area (Å²) in [5.41, 5.74) is 3.98. The molecule has 0 spiro atoms. The van der Waals surface area contributed by atoms with Gasteiger partial charge in [0.25, 0.3) is 0 Å². The summed E-state index contributed by atoms with van der Waals surface area (Å²) in [7, 11) is 0. The molecule has 2 heterocycles. The highest BCUT2D eigenvalue weighted by Crippen LogP contribution is 2.24. The number of nitrogens with zero attached hydrogens (tertiary/aromatic N) is 2. The van der Waals surface area contributed by atoms with E-state index in [0.29, 0.717) is 12.8 Å². The first-order chi connectivity index (χ1) is 12.0. The molecule has 0 aliphatic heterocycles. The zero-order valence-electron chi connectivity index (χ0n) is 14.2. The molecule has 3 rings (SSSR count). The normalized spacial score (nSPS) is 12.1. The Morgan fingerprint density at radius 2 is 1.92 bits per heavy atom. The predicted octanol–water partition coefficient (Wildman–Crippen LogP) is 5.11. The Balaban J connectivity index is 1.61. The monoisotopic (exact) mass is 398 g/mol. The van der Waals surface area contributed by atoms with Crippen molar-refractivity contribution in [2.24, 2.45) is 0 Å². The fourth-order valence-corrected chi connectivity index (χ4v) is 3.04. The van der Waals surface area contributed by atoms with E-state index in [-0.39, 0.29) is 11.7 Å². The first-order valence-electron chi connectivity index (χ1n) is 8.16. The molecule has 0 fully saturated rings. The summed E-state index contributed by atoms with van der Waals surface area (Å²) < 4.78 is 6.04. The summed E-state index contributed by atoms with van der Waals surface area (Å²) in [4.78, 5) is 16.7. The molecule has 0 saturated heterocycles. The van der Waals surface area contributed by atoms with Crippen molar-refractivity contribution in [2.75, 3.05) is 0 Å². The van der Waals surface area contributed by atoms with E-state index in [9.17, 15) is 4.79 Å². The first-order valence-corrected chi connectivity index (χ1v) is 8.96. The number of benzene rings is 1. The largest absolute Gasteiger partial charge is 0.361 e. The van der Waals surface area contributed by atoms with Gasteiger partial charge in [0.05, 0.1) is 6.20 Å². The van der Waals surface area contributed by atoms with Gasteiger partial charge in [-0.1, -0.05) is 36.3 Å². The van der Waals surface area contributed by atoms with Crippen molar-refractivity contribution in [2.45, 2.75) is 32.6 Å².